The number of allylic oxidation sites excluding steroid dienone is 1. The zero-order chi connectivity index (χ0) is 33.4. The Hall–Kier alpha value is -4.99. The number of aromatic amines is 2. The summed E-state index contributed by atoms with van der Waals surface area (Å²) in [4.78, 5) is 54.6. The number of nitrogens with zero attached hydrogens (tertiary/aromatic N) is 2. The molecule has 240 valence electrons. The van der Waals surface area contributed by atoms with Crippen molar-refractivity contribution in [2.45, 2.75) is 79.1 Å². The van der Waals surface area contributed by atoms with E-state index in [1.807, 2.05) is 32.1 Å². The van der Waals surface area contributed by atoms with Crippen molar-refractivity contribution in [1.29, 1.82) is 0 Å². The van der Waals surface area contributed by atoms with E-state index in [4.69, 9.17) is 14.7 Å². The number of nitrogens with one attached hydrogen (secondary N) is 2. The van der Waals surface area contributed by atoms with E-state index in [0.717, 1.165) is 50.7 Å². The average Bonchev–Trinajstić information content (AvgIpc) is 3.68. The molecule has 46 heavy (non-hydrogen) atoms. The van der Waals surface area contributed by atoms with Gasteiger partial charge in [0.2, 0.25) is 0 Å². The second-order valence-electron chi connectivity index (χ2n) is 11.9. The van der Waals surface area contributed by atoms with E-state index < -0.39 is 23.8 Å². The highest BCUT2D eigenvalue weighted by Crippen LogP contribution is 2.43. The molecule has 0 spiro atoms. The van der Waals surface area contributed by atoms with Gasteiger partial charge >= 0.3 is 17.9 Å². The monoisotopic (exact) mass is 624 g/mol. The predicted octanol–water partition coefficient (Wildman–Crippen LogP) is 7.01. The Labute approximate surface area is 267 Å². The first kappa shape index (κ1) is 32.4. The molecule has 0 saturated carbocycles. The standard InChI is InChI=1S/C36H40N4O6/c1-8-21-17(4)25-14-27-19(6)23(11-12-31(41)42)34(39-27)24(13-32(43)46-10-3)35-33(36(44)45)20(7)28(40-35)16-30-22(9-2)18(5)26(38-30)15-29(21)37-25/h8,14-16,19,23,37-38H,1,9-13H2,2-7H3,(H,41,42)(H,44,45)/t19-,23-/m0/s1. The lowest BCUT2D eigenvalue weighted by Gasteiger charge is -2.18. The van der Waals surface area contributed by atoms with Crippen LogP contribution in [-0.4, -0.2) is 54.7 Å². The van der Waals surface area contributed by atoms with Crippen molar-refractivity contribution >= 4 is 57.2 Å². The zero-order valence-corrected chi connectivity index (χ0v) is 27.1. The number of esters is 1. The topological polar surface area (TPSA) is 158 Å². The molecule has 0 fully saturated rings. The molecule has 2 atom stereocenters. The molecule has 0 aliphatic carbocycles. The molecule has 3 aromatic rings. The molecular weight excluding hydrogens is 584 g/mol. The molecule has 3 aromatic heterocycles. The van der Waals surface area contributed by atoms with E-state index in [2.05, 4.69) is 36.5 Å². The molecule has 10 nitrogen and oxygen atoms in total. The smallest absolute Gasteiger partial charge is 0.338 e. The molecule has 4 N–H and O–H groups in total. The molecule has 2 aliphatic rings. The predicted molar refractivity (Wildman–Crippen MR) is 178 cm³/mol. The quantitative estimate of drug-likeness (QED) is 0.185. The van der Waals surface area contributed by atoms with Gasteiger partial charge in [0.05, 0.1) is 35.7 Å². The van der Waals surface area contributed by atoms with Gasteiger partial charge in [-0.05, 0) is 81.0 Å². The van der Waals surface area contributed by atoms with Crippen molar-refractivity contribution in [2.75, 3.05) is 6.61 Å². The summed E-state index contributed by atoms with van der Waals surface area (Å²) in [5, 5.41) is 20.1. The van der Waals surface area contributed by atoms with E-state index in [1.54, 1.807) is 13.8 Å². The van der Waals surface area contributed by atoms with Crippen LogP contribution in [0.3, 0.4) is 0 Å². The fourth-order valence-corrected chi connectivity index (χ4v) is 6.73. The van der Waals surface area contributed by atoms with Gasteiger partial charge < -0.3 is 24.9 Å². The first-order valence-electron chi connectivity index (χ1n) is 15.6. The van der Waals surface area contributed by atoms with Gasteiger partial charge in [-0.15, -0.1) is 0 Å². The van der Waals surface area contributed by atoms with Crippen LogP contribution in [0.2, 0.25) is 0 Å². The number of carbonyl (C=O) groups excluding carboxylic acids is 1. The Kier molecular flexibility index (Phi) is 9.01. The molecule has 5 rings (SSSR count). The summed E-state index contributed by atoms with van der Waals surface area (Å²) in [6, 6.07) is 5.86. The van der Waals surface area contributed by atoms with E-state index in [0.29, 0.717) is 28.2 Å². The van der Waals surface area contributed by atoms with Crippen LogP contribution < -0.4 is 0 Å². The number of carbonyl (C=O) groups is 3. The number of hydrogen-bond acceptors (Lipinski definition) is 6. The van der Waals surface area contributed by atoms with E-state index in [9.17, 15) is 24.6 Å². The van der Waals surface area contributed by atoms with Gasteiger partial charge in [-0.1, -0.05) is 26.5 Å². The zero-order valence-electron chi connectivity index (χ0n) is 27.1. The third kappa shape index (κ3) is 5.75. The molecular formula is C36H40N4O6. The van der Waals surface area contributed by atoms with Gasteiger partial charge in [0.15, 0.2) is 0 Å². The molecule has 10 heteroatoms. The number of aromatic nitrogens is 4. The molecule has 0 radical (unpaired) electrons. The molecule has 8 bridgehead atoms. The minimum Gasteiger partial charge on any atom is -0.481 e. The molecule has 0 aromatic carbocycles. The van der Waals surface area contributed by atoms with Gasteiger partial charge in [-0.2, -0.15) is 0 Å². The second-order valence-corrected chi connectivity index (χ2v) is 11.9. The van der Waals surface area contributed by atoms with Crippen LogP contribution in [0.1, 0.15) is 103 Å². The molecule has 0 unspecified atom stereocenters. The number of ether oxygens (including phenoxy) is 1. The highest BCUT2D eigenvalue weighted by atomic mass is 16.5. The highest BCUT2D eigenvalue weighted by molar-refractivity contribution is 6.24. The van der Waals surface area contributed by atoms with E-state index >= 15 is 0 Å². The fraction of sp³-hybridized carbons (Fsp3) is 0.361. The molecule has 0 saturated heterocycles. The molecule has 5 heterocycles. The van der Waals surface area contributed by atoms with Crippen molar-refractivity contribution in [1.82, 2.24) is 19.9 Å². The van der Waals surface area contributed by atoms with Crippen molar-refractivity contribution < 1.29 is 29.3 Å². The lowest BCUT2D eigenvalue weighted by molar-refractivity contribution is -0.142. The summed E-state index contributed by atoms with van der Waals surface area (Å²) in [6.07, 6.45) is 2.40. The van der Waals surface area contributed by atoms with E-state index in [-0.39, 0.29) is 43.1 Å². The summed E-state index contributed by atoms with van der Waals surface area (Å²) in [5.74, 6) is -3.33. The van der Waals surface area contributed by atoms with Gasteiger partial charge in [0, 0.05) is 57.1 Å². The number of fused-ring (bicyclic) bond motifs is 8. The van der Waals surface area contributed by atoms with Crippen molar-refractivity contribution in [3.05, 3.63) is 75.4 Å². The lowest BCUT2D eigenvalue weighted by atomic mass is 9.84. The number of rotatable bonds is 9. The first-order chi connectivity index (χ1) is 21.9. The van der Waals surface area contributed by atoms with Crippen molar-refractivity contribution in [3.63, 3.8) is 0 Å². The lowest BCUT2D eigenvalue weighted by Crippen LogP contribution is -2.15. The Balaban J connectivity index is 2.02. The highest BCUT2D eigenvalue weighted by Gasteiger charge is 2.35. The van der Waals surface area contributed by atoms with Gasteiger partial charge in [0.25, 0.3) is 0 Å². The number of aliphatic carboxylic acids is 2. The van der Waals surface area contributed by atoms with Crippen LogP contribution in [0.25, 0.3) is 39.3 Å². The van der Waals surface area contributed by atoms with Crippen LogP contribution in [-0.2, 0) is 32.0 Å². The first-order valence-corrected chi connectivity index (χ1v) is 15.6. The number of H-pyrrole nitrogens is 2. The summed E-state index contributed by atoms with van der Waals surface area (Å²) in [6.45, 7) is 15.7. The maximum absolute atomic E-state index is 13.1. The van der Waals surface area contributed by atoms with Gasteiger partial charge in [-0.3, -0.25) is 14.6 Å². The number of aryl methyl sites for hydroxylation is 3. The van der Waals surface area contributed by atoms with Gasteiger partial charge in [-0.25, -0.2) is 9.78 Å². The number of carboxylic acids is 2. The van der Waals surface area contributed by atoms with Crippen molar-refractivity contribution in [3.8, 4) is 0 Å². The summed E-state index contributed by atoms with van der Waals surface area (Å²) >= 11 is 0. The van der Waals surface area contributed by atoms with Crippen LogP contribution in [0.15, 0.2) is 24.8 Å². The molecule has 2 aliphatic heterocycles. The van der Waals surface area contributed by atoms with Gasteiger partial charge in [0.1, 0.15) is 0 Å². The summed E-state index contributed by atoms with van der Waals surface area (Å²) < 4.78 is 5.32. The molecule has 0 amide bonds. The Morgan fingerprint density at radius 3 is 2.28 bits per heavy atom. The number of carboxylic acid groups (broad SMARTS) is 2. The van der Waals surface area contributed by atoms with Crippen LogP contribution in [0.5, 0.6) is 0 Å². The van der Waals surface area contributed by atoms with Crippen LogP contribution in [0.4, 0.5) is 0 Å². The number of hydrogen-bond donors (Lipinski definition) is 4. The average molecular weight is 625 g/mol. The van der Waals surface area contributed by atoms with Crippen molar-refractivity contribution in [2.24, 2.45) is 0 Å². The van der Waals surface area contributed by atoms with E-state index in [1.165, 1.54) is 0 Å². The Morgan fingerprint density at radius 1 is 0.957 bits per heavy atom. The minimum absolute atomic E-state index is 0.0206. The second kappa shape index (κ2) is 12.8. The van der Waals surface area contributed by atoms with Crippen LogP contribution >= 0.6 is 0 Å². The third-order valence-corrected chi connectivity index (χ3v) is 9.24. The summed E-state index contributed by atoms with van der Waals surface area (Å²) in [5.41, 5.74) is 9.98. The fourth-order valence-electron chi connectivity index (χ4n) is 6.73. The Morgan fingerprint density at radius 2 is 1.65 bits per heavy atom. The third-order valence-electron chi connectivity index (χ3n) is 9.24. The maximum atomic E-state index is 13.1. The Bertz CT molecular complexity index is 1980. The SMILES string of the molecule is C=Cc1c(C)c2cc3nc(c(CC(=O)OCC)c4nc(cc5[nH]c(cc1[nH]2)c(C)c5CC)C(C)=C4C(=O)O)[C@@H](CCC(=O)O)[C@@H]3C. The summed E-state index contributed by atoms with van der Waals surface area (Å²) in [7, 11) is 0. The minimum atomic E-state index is -1.18. The normalized spacial score (nSPS) is 16.0. The largest absolute Gasteiger partial charge is 0.481 e. The van der Waals surface area contributed by atoms with Crippen LogP contribution in [0, 0.1) is 13.8 Å². The maximum Gasteiger partial charge on any atom is 0.338 e.